The number of hydrogen-bond donors (Lipinski definition) is 1. The molecule has 0 radical (unpaired) electrons. The zero-order valence-corrected chi connectivity index (χ0v) is 15.3. The quantitative estimate of drug-likeness (QED) is 0.774. The summed E-state index contributed by atoms with van der Waals surface area (Å²) in [6, 6.07) is 14.6. The Kier molecular flexibility index (Phi) is 4.44. The molecule has 0 saturated heterocycles. The summed E-state index contributed by atoms with van der Waals surface area (Å²) in [5.74, 6) is -1.12. The predicted octanol–water partition coefficient (Wildman–Crippen LogP) is 3.41. The Balaban J connectivity index is 1.66. The van der Waals surface area contributed by atoms with Crippen LogP contribution in [-0.2, 0) is 29.0 Å². The van der Waals surface area contributed by atoms with Crippen molar-refractivity contribution in [1.29, 1.82) is 0 Å². The summed E-state index contributed by atoms with van der Waals surface area (Å²) < 4.78 is 2.12. The molecule has 1 N–H and O–H groups in total. The zero-order valence-electron chi connectivity index (χ0n) is 15.3. The number of carboxylic acid groups (broad SMARTS) is 1. The fraction of sp³-hybridized carbons (Fsp3) is 0.273. The van der Waals surface area contributed by atoms with Gasteiger partial charge in [0, 0.05) is 30.2 Å². The van der Waals surface area contributed by atoms with E-state index < -0.39 is 12.0 Å². The first-order chi connectivity index (χ1) is 13.1. The van der Waals surface area contributed by atoms with E-state index in [1.165, 1.54) is 4.90 Å². The van der Waals surface area contributed by atoms with E-state index in [-0.39, 0.29) is 12.3 Å². The third-order valence-corrected chi connectivity index (χ3v) is 5.39. The molecule has 3 aromatic rings. The number of aliphatic carboxylic acids is 1. The van der Waals surface area contributed by atoms with Crippen molar-refractivity contribution in [3.8, 4) is 0 Å². The van der Waals surface area contributed by atoms with Crippen LogP contribution in [0, 0.1) is 0 Å². The lowest BCUT2D eigenvalue weighted by Crippen LogP contribution is -2.44. The average Bonchev–Trinajstić information content (AvgIpc) is 3.04. The number of nitrogens with zero attached hydrogens (tertiary/aromatic N) is 2. The molecule has 0 aliphatic carbocycles. The Labute approximate surface area is 157 Å². The van der Waals surface area contributed by atoms with E-state index in [0.717, 1.165) is 34.1 Å². The van der Waals surface area contributed by atoms with Crippen LogP contribution < -0.4 is 0 Å². The van der Waals surface area contributed by atoms with Crippen LogP contribution in [0.2, 0.25) is 0 Å². The van der Waals surface area contributed by atoms with Gasteiger partial charge in [-0.25, -0.2) is 4.79 Å². The highest BCUT2D eigenvalue weighted by Crippen LogP contribution is 2.31. The first kappa shape index (κ1) is 17.3. The number of aryl methyl sites for hydroxylation is 1. The number of para-hydroxylation sites is 1. The highest BCUT2D eigenvalue weighted by Gasteiger charge is 2.35. The minimum Gasteiger partial charge on any atom is -0.479 e. The summed E-state index contributed by atoms with van der Waals surface area (Å²) >= 11 is 0. The summed E-state index contributed by atoms with van der Waals surface area (Å²) in [5, 5.41) is 10.8. The molecule has 4 rings (SSSR count). The van der Waals surface area contributed by atoms with Crippen molar-refractivity contribution in [1.82, 2.24) is 9.47 Å². The number of aromatic nitrogens is 1. The molecule has 2 heterocycles. The van der Waals surface area contributed by atoms with Crippen molar-refractivity contribution in [2.45, 2.75) is 32.4 Å². The lowest BCUT2D eigenvalue weighted by atomic mass is 9.92. The van der Waals surface area contributed by atoms with Crippen LogP contribution in [-0.4, -0.2) is 33.0 Å². The van der Waals surface area contributed by atoms with Crippen LogP contribution in [0.5, 0.6) is 0 Å². The fourth-order valence-electron chi connectivity index (χ4n) is 4.09. The van der Waals surface area contributed by atoms with E-state index in [1.807, 2.05) is 54.7 Å². The maximum absolute atomic E-state index is 13.1. The summed E-state index contributed by atoms with van der Waals surface area (Å²) in [7, 11) is 0. The molecule has 0 spiro atoms. The van der Waals surface area contributed by atoms with Gasteiger partial charge in [0.05, 0.1) is 6.42 Å². The van der Waals surface area contributed by atoms with Gasteiger partial charge in [-0.1, -0.05) is 42.5 Å². The molecule has 1 atom stereocenters. The second kappa shape index (κ2) is 6.91. The molecule has 1 unspecified atom stereocenters. The van der Waals surface area contributed by atoms with Gasteiger partial charge in [0.15, 0.2) is 6.04 Å². The van der Waals surface area contributed by atoms with Crippen LogP contribution >= 0.6 is 0 Å². The summed E-state index contributed by atoms with van der Waals surface area (Å²) in [4.78, 5) is 26.6. The Bertz CT molecular complexity index is 1020. The Morgan fingerprint density at radius 3 is 2.63 bits per heavy atom. The summed E-state index contributed by atoms with van der Waals surface area (Å²) in [6.07, 6.45) is 2.90. The third-order valence-electron chi connectivity index (χ3n) is 5.39. The van der Waals surface area contributed by atoms with E-state index in [0.29, 0.717) is 13.0 Å². The van der Waals surface area contributed by atoms with Gasteiger partial charge < -0.3 is 14.6 Å². The molecule has 5 nitrogen and oxygen atoms in total. The average molecular weight is 362 g/mol. The van der Waals surface area contributed by atoms with Crippen LogP contribution in [0.4, 0.5) is 0 Å². The minimum atomic E-state index is -0.980. The topological polar surface area (TPSA) is 62.5 Å². The van der Waals surface area contributed by atoms with Crippen molar-refractivity contribution in [3.05, 3.63) is 71.4 Å². The molecule has 1 aromatic heterocycles. The first-order valence-electron chi connectivity index (χ1n) is 9.27. The van der Waals surface area contributed by atoms with Gasteiger partial charge in [-0.2, -0.15) is 0 Å². The SMILES string of the molecule is CCn1cc(CC(=O)N2CCc3ccccc3C2C(=O)O)c2ccccc21. The van der Waals surface area contributed by atoms with Crippen LogP contribution in [0.25, 0.3) is 10.9 Å². The van der Waals surface area contributed by atoms with Gasteiger partial charge in [0.25, 0.3) is 0 Å². The standard InChI is InChI=1S/C22H22N2O3/c1-2-23-14-16(17-8-5-6-10-19(17)23)13-20(25)24-12-11-15-7-3-4-9-18(15)21(24)22(26)27/h3-10,14,21H,2,11-13H2,1H3,(H,26,27). The molecule has 1 amide bonds. The molecule has 0 fully saturated rings. The number of fused-ring (bicyclic) bond motifs is 2. The Morgan fingerprint density at radius 2 is 1.85 bits per heavy atom. The number of carbonyl (C=O) groups excluding carboxylic acids is 1. The van der Waals surface area contributed by atoms with E-state index in [9.17, 15) is 14.7 Å². The molecular weight excluding hydrogens is 340 g/mol. The van der Waals surface area contributed by atoms with Gasteiger partial charge in [-0.05, 0) is 36.1 Å². The molecule has 0 bridgehead atoms. The fourth-order valence-corrected chi connectivity index (χ4v) is 4.09. The molecule has 5 heteroatoms. The third kappa shape index (κ3) is 2.99. The van der Waals surface area contributed by atoms with Crippen LogP contribution in [0.15, 0.2) is 54.7 Å². The molecule has 2 aromatic carbocycles. The van der Waals surface area contributed by atoms with E-state index in [1.54, 1.807) is 0 Å². The maximum atomic E-state index is 13.1. The zero-order chi connectivity index (χ0) is 19.0. The minimum absolute atomic E-state index is 0.143. The number of carbonyl (C=O) groups is 2. The van der Waals surface area contributed by atoms with Crippen molar-refractivity contribution in [2.75, 3.05) is 6.54 Å². The van der Waals surface area contributed by atoms with Crippen LogP contribution in [0.1, 0.15) is 29.7 Å². The molecule has 1 aliphatic rings. The molecule has 27 heavy (non-hydrogen) atoms. The molecule has 138 valence electrons. The number of benzene rings is 2. The van der Waals surface area contributed by atoms with Crippen molar-refractivity contribution in [2.24, 2.45) is 0 Å². The van der Waals surface area contributed by atoms with Crippen molar-refractivity contribution < 1.29 is 14.7 Å². The van der Waals surface area contributed by atoms with Gasteiger partial charge >= 0.3 is 5.97 Å². The molecular formula is C22H22N2O3. The predicted molar refractivity (Wildman–Crippen MR) is 104 cm³/mol. The van der Waals surface area contributed by atoms with Gasteiger partial charge in [-0.3, -0.25) is 4.79 Å². The van der Waals surface area contributed by atoms with Crippen molar-refractivity contribution >= 4 is 22.8 Å². The number of rotatable bonds is 4. The monoisotopic (exact) mass is 362 g/mol. The van der Waals surface area contributed by atoms with Gasteiger partial charge in [-0.15, -0.1) is 0 Å². The summed E-state index contributed by atoms with van der Waals surface area (Å²) in [5.41, 5.74) is 3.78. The van der Waals surface area contributed by atoms with E-state index in [4.69, 9.17) is 0 Å². The Hall–Kier alpha value is -3.08. The Morgan fingerprint density at radius 1 is 1.11 bits per heavy atom. The lowest BCUT2D eigenvalue weighted by Gasteiger charge is -2.34. The molecule has 0 saturated carbocycles. The smallest absolute Gasteiger partial charge is 0.331 e. The molecule has 1 aliphatic heterocycles. The van der Waals surface area contributed by atoms with Gasteiger partial charge in [0.1, 0.15) is 0 Å². The highest BCUT2D eigenvalue weighted by atomic mass is 16.4. The number of amides is 1. The van der Waals surface area contributed by atoms with E-state index >= 15 is 0 Å². The number of carboxylic acids is 1. The number of hydrogen-bond acceptors (Lipinski definition) is 2. The normalized spacial score (nSPS) is 16.3. The van der Waals surface area contributed by atoms with E-state index in [2.05, 4.69) is 11.5 Å². The van der Waals surface area contributed by atoms with Crippen molar-refractivity contribution in [3.63, 3.8) is 0 Å². The maximum Gasteiger partial charge on any atom is 0.331 e. The summed E-state index contributed by atoms with van der Waals surface area (Å²) in [6.45, 7) is 3.32. The second-order valence-electron chi connectivity index (χ2n) is 6.91. The first-order valence-corrected chi connectivity index (χ1v) is 9.27. The lowest BCUT2D eigenvalue weighted by molar-refractivity contribution is -0.151. The second-order valence-corrected chi connectivity index (χ2v) is 6.91. The van der Waals surface area contributed by atoms with Gasteiger partial charge in [0.2, 0.25) is 5.91 Å². The van der Waals surface area contributed by atoms with Crippen LogP contribution in [0.3, 0.4) is 0 Å². The highest BCUT2D eigenvalue weighted by molar-refractivity contribution is 5.91. The largest absolute Gasteiger partial charge is 0.479 e.